The third kappa shape index (κ3) is 4.74. The number of primary amides is 1. The van der Waals surface area contributed by atoms with Crippen LogP contribution >= 0.6 is 0 Å². The van der Waals surface area contributed by atoms with Gasteiger partial charge in [0.1, 0.15) is 0 Å². The number of hydrogen-bond acceptors (Lipinski definition) is 4. The first-order valence-electron chi connectivity index (χ1n) is 10.4. The van der Waals surface area contributed by atoms with Gasteiger partial charge in [0.05, 0.1) is 11.3 Å². The molecule has 2 aliphatic carbocycles. The molecule has 0 bridgehead atoms. The first kappa shape index (κ1) is 19.1. The van der Waals surface area contributed by atoms with Gasteiger partial charge >= 0.3 is 0 Å². The summed E-state index contributed by atoms with van der Waals surface area (Å²) in [4.78, 5) is 21.0. The Balaban J connectivity index is 1.72. The van der Waals surface area contributed by atoms with E-state index in [1.54, 1.807) is 6.20 Å². The Kier molecular flexibility index (Phi) is 6.15. The number of carbonyl (C=O) groups is 1. The summed E-state index contributed by atoms with van der Waals surface area (Å²) < 4.78 is 0. The molecule has 1 heterocycles. The molecular weight excluding hydrogens is 324 g/mol. The van der Waals surface area contributed by atoms with Gasteiger partial charge in [-0.1, -0.05) is 39.5 Å². The molecular formula is C21H34N4O. The summed E-state index contributed by atoms with van der Waals surface area (Å²) in [5.74, 6) is 1.10. The maximum Gasteiger partial charge on any atom is 0.252 e. The minimum Gasteiger partial charge on any atom is -0.365 e. The normalized spacial score (nSPS) is 25.6. The van der Waals surface area contributed by atoms with E-state index in [0.29, 0.717) is 17.6 Å². The monoisotopic (exact) mass is 358 g/mol. The Bertz CT molecular complexity index is 616. The average Bonchev–Trinajstić information content (AvgIpc) is 2.62. The Morgan fingerprint density at radius 1 is 1.23 bits per heavy atom. The lowest BCUT2D eigenvalue weighted by atomic mass is 9.72. The van der Waals surface area contributed by atoms with Gasteiger partial charge < -0.3 is 11.1 Å². The molecule has 1 aromatic rings. The van der Waals surface area contributed by atoms with Gasteiger partial charge in [0, 0.05) is 12.2 Å². The lowest BCUT2D eigenvalue weighted by Crippen LogP contribution is -2.29. The number of anilines is 1. The summed E-state index contributed by atoms with van der Waals surface area (Å²) in [6, 6.07) is 0.440. The summed E-state index contributed by atoms with van der Waals surface area (Å²) in [6.45, 7) is 4.60. The molecule has 1 aromatic heterocycles. The van der Waals surface area contributed by atoms with Crippen LogP contribution in [0.1, 0.15) is 94.1 Å². The number of carbonyl (C=O) groups excluding carboxylic acids is 1. The van der Waals surface area contributed by atoms with Crippen LogP contribution in [0.15, 0.2) is 6.20 Å². The van der Waals surface area contributed by atoms with Gasteiger partial charge in [-0.25, -0.2) is 9.97 Å². The van der Waals surface area contributed by atoms with Crippen molar-refractivity contribution in [3.63, 3.8) is 0 Å². The molecule has 0 spiro atoms. The molecule has 3 rings (SSSR count). The molecule has 0 atom stereocenters. The zero-order chi connectivity index (χ0) is 18.6. The zero-order valence-corrected chi connectivity index (χ0v) is 16.4. The van der Waals surface area contributed by atoms with E-state index in [2.05, 4.69) is 24.1 Å². The summed E-state index contributed by atoms with van der Waals surface area (Å²) >= 11 is 0. The summed E-state index contributed by atoms with van der Waals surface area (Å²) in [7, 11) is 0. The average molecular weight is 359 g/mol. The maximum atomic E-state index is 11.9. The van der Waals surface area contributed by atoms with Crippen molar-refractivity contribution in [3.05, 3.63) is 17.5 Å². The maximum absolute atomic E-state index is 11.9. The number of nitrogens with one attached hydrogen (secondary N) is 1. The smallest absolute Gasteiger partial charge is 0.252 e. The van der Waals surface area contributed by atoms with Crippen LogP contribution < -0.4 is 11.1 Å². The quantitative estimate of drug-likeness (QED) is 0.786. The molecule has 0 aliphatic heterocycles. The summed E-state index contributed by atoms with van der Waals surface area (Å²) in [5, 5.41) is 3.51. The highest BCUT2D eigenvalue weighted by Crippen LogP contribution is 2.39. The highest BCUT2D eigenvalue weighted by atomic mass is 16.1. The van der Waals surface area contributed by atoms with Crippen molar-refractivity contribution in [1.29, 1.82) is 0 Å². The first-order chi connectivity index (χ1) is 12.5. The van der Waals surface area contributed by atoms with E-state index in [4.69, 9.17) is 10.7 Å². The van der Waals surface area contributed by atoms with Gasteiger partial charge in [-0.2, -0.15) is 0 Å². The van der Waals surface area contributed by atoms with E-state index in [9.17, 15) is 4.79 Å². The zero-order valence-electron chi connectivity index (χ0n) is 16.4. The fourth-order valence-corrected chi connectivity index (χ4v) is 4.71. The fraction of sp³-hybridized carbons (Fsp3) is 0.762. The Labute approximate surface area is 157 Å². The van der Waals surface area contributed by atoms with Crippen molar-refractivity contribution < 1.29 is 4.79 Å². The molecule has 1 amide bonds. The molecule has 2 fully saturated rings. The molecule has 5 nitrogen and oxygen atoms in total. The van der Waals surface area contributed by atoms with E-state index in [1.807, 2.05) is 0 Å². The van der Waals surface area contributed by atoms with Crippen molar-refractivity contribution >= 4 is 11.9 Å². The number of hydrogen-bond donors (Lipinski definition) is 2. The van der Waals surface area contributed by atoms with Gasteiger partial charge in [-0.15, -0.1) is 0 Å². The predicted molar refractivity (Wildman–Crippen MR) is 105 cm³/mol. The standard InChI is InChI=1S/C21H34N4O/c1-3-15-7-9-16(10-8-15)24-20-23-14-17(19(22)26)18(25-20)13-21(2)11-5-4-6-12-21/h14-16H,3-13H2,1-2H3,(H2,22,26)(H,23,24,25). The molecule has 5 heteroatoms. The predicted octanol–water partition coefficient (Wildman–Crippen LogP) is 4.47. The van der Waals surface area contributed by atoms with E-state index in [0.717, 1.165) is 18.0 Å². The van der Waals surface area contributed by atoms with Crippen molar-refractivity contribution in [2.24, 2.45) is 17.1 Å². The minimum atomic E-state index is -0.422. The Hall–Kier alpha value is -1.65. The number of aromatic nitrogens is 2. The molecule has 0 radical (unpaired) electrons. The van der Waals surface area contributed by atoms with Crippen LogP contribution in [0.25, 0.3) is 0 Å². The first-order valence-corrected chi connectivity index (χ1v) is 10.4. The van der Waals surface area contributed by atoms with E-state index in [1.165, 1.54) is 64.2 Å². The van der Waals surface area contributed by atoms with Crippen molar-refractivity contribution in [3.8, 4) is 0 Å². The fourth-order valence-electron chi connectivity index (χ4n) is 4.71. The second kappa shape index (κ2) is 8.36. The third-order valence-corrected chi connectivity index (χ3v) is 6.55. The lowest BCUT2D eigenvalue weighted by Gasteiger charge is -2.34. The van der Waals surface area contributed by atoms with E-state index < -0.39 is 5.91 Å². The third-order valence-electron chi connectivity index (χ3n) is 6.55. The Morgan fingerprint density at radius 3 is 2.54 bits per heavy atom. The minimum absolute atomic E-state index is 0.216. The topological polar surface area (TPSA) is 80.9 Å². The second-order valence-electron chi connectivity index (χ2n) is 8.74. The van der Waals surface area contributed by atoms with Gasteiger partial charge in [0.25, 0.3) is 5.91 Å². The molecule has 3 N–H and O–H groups in total. The van der Waals surface area contributed by atoms with Gasteiger partial charge in [0.15, 0.2) is 0 Å². The summed E-state index contributed by atoms with van der Waals surface area (Å²) in [6.07, 6.45) is 14.8. The van der Waals surface area contributed by atoms with Crippen LogP contribution in [-0.2, 0) is 6.42 Å². The highest BCUT2D eigenvalue weighted by Gasteiger charge is 2.30. The molecule has 0 unspecified atom stereocenters. The molecule has 0 aromatic carbocycles. The second-order valence-corrected chi connectivity index (χ2v) is 8.74. The number of amides is 1. The lowest BCUT2D eigenvalue weighted by molar-refractivity contribution is 0.0997. The van der Waals surface area contributed by atoms with E-state index in [-0.39, 0.29) is 5.41 Å². The van der Waals surface area contributed by atoms with Crippen LogP contribution in [0.3, 0.4) is 0 Å². The van der Waals surface area contributed by atoms with E-state index >= 15 is 0 Å². The van der Waals surface area contributed by atoms with Crippen LogP contribution in [-0.4, -0.2) is 21.9 Å². The molecule has 144 valence electrons. The number of nitrogens with two attached hydrogens (primary N) is 1. The molecule has 2 saturated carbocycles. The van der Waals surface area contributed by atoms with Gasteiger partial charge in [-0.05, 0) is 56.3 Å². The molecule has 2 aliphatic rings. The van der Waals surface area contributed by atoms with Crippen LogP contribution in [0.4, 0.5) is 5.95 Å². The van der Waals surface area contributed by atoms with Gasteiger partial charge in [0.2, 0.25) is 5.95 Å². The summed E-state index contributed by atoms with van der Waals surface area (Å²) in [5.41, 5.74) is 7.11. The highest BCUT2D eigenvalue weighted by molar-refractivity contribution is 5.93. The number of rotatable bonds is 6. The Morgan fingerprint density at radius 2 is 1.92 bits per heavy atom. The van der Waals surface area contributed by atoms with Crippen LogP contribution in [0.5, 0.6) is 0 Å². The largest absolute Gasteiger partial charge is 0.365 e. The molecule has 26 heavy (non-hydrogen) atoms. The van der Waals surface area contributed by atoms with Crippen molar-refractivity contribution in [2.75, 3.05) is 5.32 Å². The van der Waals surface area contributed by atoms with Crippen LogP contribution in [0.2, 0.25) is 0 Å². The molecule has 0 saturated heterocycles. The van der Waals surface area contributed by atoms with Crippen molar-refractivity contribution in [2.45, 2.75) is 90.5 Å². The van der Waals surface area contributed by atoms with Gasteiger partial charge in [-0.3, -0.25) is 4.79 Å². The number of nitrogens with zero attached hydrogens (tertiary/aromatic N) is 2. The van der Waals surface area contributed by atoms with Crippen LogP contribution in [0, 0.1) is 11.3 Å². The SMILES string of the molecule is CCC1CCC(Nc2ncc(C(N)=O)c(CC3(C)CCCCC3)n2)CC1. The van der Waals surface area contributed by atoms with Crippen molar-refractivity contribution in [1.82, 2.24) is 9.97 Å².